The summed E-state index contributed by atoms with van der Waals surface area (Å²) >= 11 is 6.95. The Balaban J connectivity index is 2.27. The van der Waals surface area contributed by atoms with Crippen LogP contribution >= 0.6 is 22.9 Å². The highest BCUT2D eigenvalue weighted by Crippen LogP contribution is 2.18. The summed E-state index contributed by atoms with van der Waals surface area (Å²) in [7, 11) is 0. The zero-order valence-corrected chi connectivity index (χ0v) is 7.87. The van der Waals surface area contributed by atoms with E-state index in [2.05, 4.69) is 22.4 Å². The van der Waals surface area contributed by atoms with Gasteiger partial charge in [0.25, 0.3) is 0 Å². The predicted octanol–water partition coefficient (Wildman–Crippen LogP) is 2.40. The highest BCUT2D eigenvalue weighted by Gasteiger charge is 1.98. The number of rotatable bonds is 4. The maximum absolute atomic E-state index is 5.58. The fraction of sp³-hybridized carbons (Fsp3) is 0.667. The van der Waals surface area contributed by atoms with Gasteiger partial charge in [-0.3, -0.25) is 0 Å². The van der Waals surface area contributed by atoms with Crippen LogP contribution in [-0.2, 0) is 0 Å². The molecular formula is C6H10ClN3S. The molecule has 0 saturated carbocycles. The van der Waals surface area contributed by atoms with Crippen molar-refractivity contribution < 1.29 is 0 Å². The highest BCUT2D eigenvalue weighted by atomic mass is 35.5. The quantitative estimate of drug-likeness (QED) is 0.743. The third-order valence-electron chi connectivity index (χ3n) is 1.21. The number of nitrogens with one attached hydrogen (secondary N) is 1. The number of nitrogens with zero attached hydrogens (tertiary/aromatic N) is 2. The van der Waals surface area contributed by atoms with Crippen molar-refractivity contribution in [3.63, 3.8) is 0 Å². The number of aromatic nitrogens is 2. The van der Waals surface area contributed by atoms with Gasteiger partial charge in [-0.1, -0.05) is 24.7 Å². The SMILES string of the molecule is CCCCNc1nnc(Cl)s1. The molecule has 3 nitrogen and oxygen atoms in total. The van der Waals surface area contributed by atoms with Crippen LogP contribution in [0.2, 0.25) is 4.47 Å². The Morgan fingerprint density at radius 2 is 2.36 bits per heavy atom. The van der Waals surface area contributed by atoms with Gasteiger partial charge in [0.05, 0.1) is 0 Å². The first-order chi connectivity index (χ1) is 5.33. The van der Waals surface area contributed by atoms with Gasteiger partial charge in [-0.2, -0.15) is 0 Å². The van der Waals surface area contributed by atoms with Crippen LogP contribution < -0.4 is 5.32 Å². The first kappa shape index (κ1) is 8.74. The molecule has 1 N–H and O–H groups in total. The van der Waals surface area contributed by atoms with E-state index in [0.29, 0.717) is 4.47 Å². The van der Waals surface area contributed by atoms with Crippen molar-refractivity contribution in [2.24, 2.45) is 0 Å². The lowest BCUT2D eigenvalue weighted by molar-refractivity contribution is 0.831. The van der Waals surface area contributed by atoms with Crippen molar-refractivity contribution in [1.82, 2.24) is 10.2 Å². The van der Waals surface area contributed by atoms with E-state index in [4.69, 9.17) is 11.6 Å². The summed E-state index contributed by atoms with van der Waals surface area (Å²) in [6.45, 7) is 3.09. The topological polar surface area (TPSA) is 37.8 Å². The standard InChI is InChI=1S/C6H10ClN3S/c1-2-3-4-8-6-10-9-5(7)11-6/h2-4H2,1H3,(H,8,10). The third kappa shape index (κ3) is 3.03. The molecule has 0 bridgehead atoms. The molecule has 0 aliphatic heterocycles. The monoisotopic (exact) mass is 191 g/mol. The summed E-state index contributed by atoms with van der Waals surface area (Å²) < 4.78 is 0.490. The zero-order chi connectivity index (χ0) is 8.10. The van der Waals surface area contributed by atoms with E-state index in [-0.39, 0.29) is 0 Å². The molecule has 0 aromatic carbocycles. The average molecular weight is 192 g/mol. The maximum atomic E-state index is 5.58. The highest BCUT2D eigenvalue weighted by molar-refractivity contribution is 7.18. The minimum atomic E-state index is 0.490. The smallest absolute Gasteiger partial charge is 0.208 e. The van der Waals surface area contributed by atoms with Crippen molar-refractivity contribution in [3.05, 3.63) is 4.47 Å². The first-order valence-electron chi connectivity index (χ1n) is 3.56. The van der Waals surface area contributed by atoms with Gasteiger partial charge >= 0.3 is 0 Å². The second-order valence-electron chi connectivity index (χ2n) is 2.14. The molecule has 0 unspecified atom stereocenters. The van der Waals surface area contributed by atoms with Crippen molar-refractivity contribution >= 4 is 28.1 Å². The molecule has 0 fully saturated rings. The fourth-order valence-corrected chi connectivity index (χ4v) is 1.40. The van der Waals surface area contributed by atoms with Gasteiger partial charge in [-0.25, -0.2) is 0 Å². The Hall–Kier alpha value is -0.350. The second-order valence-corrected chi connectivity index (χ2v) is 3.70. The van der Waals surface area contributed by atoms with Crippen LogP contribution in [0, 0.1) is 0 Å². The van der Waals surface area contributed by atoms with E-state index < -0.39 is 0 Å². The lowest BCUT2D eigenvalue weighted by atomic mass is 10.3. The predicted molar refractivity (Wildman–Crippen MR) is 48.3 cm³/mol. The van der Waals surface area contributed by atoms with Gasteiger partial charge in [0.2, 0.25) is 9.60 Å². The largest absolute Gasteiger partial charge is 0.360 e. The van der Waals surface area contributed by atoms with Gasteiger partial charge < -0.3 is 5.32 Å². The van der Waals surface area contributed by atoms with E-state index in [1.165, 1.54) is 17.8 Å². The molecule has 0 saturated heterocycles. The lowest BCUT2D eigenvalue weighted by Crippen LogP contribution is -1.99. The summed E-state index contributed by atoms with van der Waals surface area (Å²) in [5, 5.41) is 11.4. The van der Waals surface area contributed by atoms with Gasteiger partial charge in [0.1, 0.15) is 0 Å². The van der Waals surface area contributed by atoms with Crippen molar-refractivity contribution in [3.8, 4) is 0 Å². The molecule has 5 heteroatoms. The van der Waals surface area contributed by atoms with Crippen LogP contribution in [0.1, 0.15) is 19.8 Å². The summed E-state index contributed by atoms with van der Waals surface area (Å²) in [5.74, 6) is 0. The van der Waals surface area contributed by atoms with Crippen LogP contribution in [-0.4, -0.2) is 16.7 Å². The molecule has 0 radical (unpaired) electrons. The number of hydrogen-bond acceptors (Lipinski definition) is 4. The molecule has 1 aromatic rings. The van der Waals surface area contributed by atoms with Crippen LogP contribution in [0.5, 0.6) is 0 Å². The van der Waals surface area contributed by atoms with Crippen LogP contribution in [0.4, 0.5) is 5.13 Å². The Bertz CT molecular complexity index is 213. The van der Waals surface area contributed by atoms with Crippen LogP contribution in [0.15, 0.2) is 0 Å². The Morgan fingerprint density at radius 1 is 1.55 bits per heavy atom. The minimum Gasteiger partial charge on any atom is -0.360 e. The van der Waals surface area contributed by atoms with Crippen LogP contribution in [0.3, 0.4) is 0 Å². The number of hydrogen-bond donors (Lipinski definition) is 1. The Morgan fingerprint density at radius 3 is 2.91 bits per heavy atom. The van der Waals surface area contributed by atoms with Gasteiger partial charge in [0.15, 0.2) is 0 Å². The summed E-state index contributed by atoms with van der Waals surface area (Å²) in [5.41, 5.74) is 0. The number of unbranched alkanes of at least 4 members (excludes halogenated alkanes) is 1. The molecular weight excluding hydrogens is 182 g/mol. The molecule has 11 heavy (non-hydrogen) atoms. The molecule has 1 heterocycles. The van der Waals surface area contributed by atoms with Gasteiger partial charge in [-0.05, 0) is 18.0 Å². The minimum absolute atomic E-state index is 0.490. The molecule has 1 rings (SSSR count). The van der Waals surface area contributed by atoms with E-state index in [1.807, 2.05) is 0 Å². The summed E-state index contributed by atoms with van der Waals surface area (Å²) in [6.07, 6.45) is 2.33. The van der Waals surface area contributed by atoms with Gasteiger partial charge in [0, 0.05) is 6.54 Å². The zero-order valence-electron chi connectivity index (χ0n) is 6.30. The summed E-state index contributed by atoms with van der Waals surface area (Å²) in [6, 6.07) is 0. The van der Waals surface area contributed by atoms with E-state index in [1.54, 1.807) is 0 Å². The molecule has 0 aliphatic rings. The van der Waals surface area contributed by atoms with Gasteiger partial charge in [-0.15, -0.1) is 10.2 Å². The molecule has 0 amide bonds. The number of anilines is 1. The van der Waals surface area contributed by atoms with E-state index in [0.717, 1.165) is 18.1 Å². The number of halogens is 1. The fourth-order valence-electron chi connectivity index (χ4n) is 0.649. The maximum Gasteiger partial charge on any atom is 0.208 e. The van der Waals surface area contributed by atoms with Crippen LogP contribution in [0.25, 0.3) is 0 Å². The Kier molecular flexibility index (Phi) is 3.59. The molecule has 0 aliphatic carbocycles. The molecule has 0 atom stereocenters. The molecule has 1 aromatic heterocycles. The molecule has 0 spiro atoms. The third-order valence-corrected chi connectivity index (χ3v) is 2.18. The van der Waals surface area contributed by atoms with E-state index >= 15 is 0 Å². The van der Waals surface area contributed by atoms with E-state index in [9.17, 15) is 0 Å². The van der Waals surface area contributed by atoms with Crippen molar-refractivity contribution in [1.29, 1.82) is 0 Å². The second kappa shape index (κ2) is 4.51. The first-order valence-corrected chi connectivity index (χ1v) is 4.75. The van der Waals surface area contributed by atoms with Crippen molar-refractivity contribution in [2.45, 2.75) is 19.8 Å². The Labute approximate surface area is 74.8 Å². The van der Waals surface area contributed by atoms with Crippen molar-refractivity contribution in [2.75, 3.05) is 11.9 Å². The summed E-state index contributed by atoms with van der Waals surface area (Å²) in [4.78, 5) is 0. The average Bonchev–Trinajstić information content (AvgIpc) is 2.37. The normalized spacial score (nSPS) is 10.0. The lowest BCUT2D eigenvalue weighted by Gasteiger charge is -1.97. The molecule has 62 valence electrons.